The van der Waals surface area contributed by atoms with Gasteiger partial charge in [0.2, 0.25) is 6.17 Å². The van der Waals surface area contributed by atoms with Crippen molar-refractivity contribution >= 4 is 21.9 Å². The van der Waals surface area contributed by atoms with E-state index in [0.29, 0.717) is 4.47 Å². The molecule has 0 aromatic heterocycles. The van der Waals surface area contributed by atoms with Crippen molar-refractivity contribution in [3.63, 3.8) is 0 Å². The zero-order valence-electron chi connectivity index (χ0n) is 9.12. The van der Waals surface area contributed by atoms with Gasteiger partial charge in [0, 0.05) is 10.0 Å². The van der Waals surface area contributed by atoms with Crippen LogP contribution in [0.5, 0.6) is 0 Å². The van der Waals surface area contributed by atoms with Gasteiger partial charge in [-0.2, -0.15) is 0 Å². The third-order valence-corrected chi connectivity index (χ3v) is 2.64. The summed E-state index contributed by atoms with van der Waals surface area (Å²) in [4.78, 5) is 11.1. The zero-order chi connectivity index (χ0) is 13.0. The van der Waals surface area contributed by atoms with Gasteiger partial charge in [0.25, 0.3) is 0 Å². The smallest absolute Gasteiger partial charge is 0.342 e. The summed E-state index contributed by atoms with van der Waals surface area (Å²) < 4.78 is 32.0. The molecule has 2 atom stereocenters. The number of ether oxygens (including phenoxy) is 1. The van der Waals surface area contributed by atoms with Crippen molar-refractivity contribution < 1.29 is 18.3 Å². The van der Waals surface area contributed by atoms with Gasteiger partial charge in [0.1, 0.15) is 5.82 Å². The Labute approximate surface area is 106 Å². The van der Waals surface area contributed by atoms with Crippen LogP contribution < -0.4 is 5.73 Å². The van der Waals surface area contributed by atoms with Crippen LogP contribution in [-0.2, 0) is 9.53 Å². The van der Waals surface area contributed by atoms with E-state index in [4.69, 9.17) is 5.73 Å². The van der Waals surface area contributed by atoms with E-state index in [0.717, 1.165) is 6.07 Å². The lowest BCUT2D eigenvalue weighted by molar-refractivity contribution is -0.149. The average Bonchev–Trinajstić information content (AvgIpc) is 2.30. The minimum atomic E-state index is -2.08. The highest BCUT2D eigenvalue weighted by Gasteiger charge is 2.29. The summed E-state index contributed by atoms with van der Waals surface area (Å²) in [7, 11) is 0. The fraction of sp³-hybridized carbons (Fsp3) is 0.364. The molecule has 94 valence electrons. The van der Waals surface area contributed by atoms with E-state index in [2.05, 4.69) is 20.7 Å². The summed E-state index contributed by atoms with van der Waals surface area (Å²) in [6, 6.07) is 2.57. The molecule has 3 nitrogen and oxygen atoms in total. The van der Waals surface area contributed by atoms with E-state index in [1.165, 1.54) is 12.1 Å². The summed E-state index contributed by atoms with van der Waals surface area (Å²) in [6.07, 6.45) is -2.08. The highest BCUT2D eigenvalue weighted by molar-refractivity contribution is 9.10. The molecule has 0 heterocycles. The molecule has 0 aliphatic heterocycles. The lowest BCUT2D eigenvalue weighted by Crippen LogP contribution is -2.32. The van der Waals surface area contributed by atoms with Crippen molar-refractivity contribution in [1.82, 2.24) is 0 Å². The Bertz CT molecular complexity index is 414. The second-order valence-corrected chi connectivity index (χ2v) is 4.26. The topological polar surface area (TPSA) is 52.3 Å². The van der Waals surface area contributed by atoms with Crippen molar-refractivity contribution in [2.75, 3.05) is 6.61 Å². The van der Waals surface area contributed by atoms with E-state index in [-0.39, 0.29) is 12.2 Å². The molecule has 0 saturated carbocycles. The quantitative estimate of drug-likeness (QED) is 0.870. The third kappa shape index (κ3) is 3.47. The number of halogens is 3. The molecule has 0 radical (unpaired) electrons. The molecule has 2 N–H and O–H groups in total. The summed E-state index contributed by atoms with van der Waals surface area (Å²) in [6.45, 7) is 1.60. The molecule has 1 aromatic rings. The lowest BCUT2D eigenvalue weighted by Gasteiger charge is -2.16. The van der Waals surface area contributed by atoms with Crippen molar-refractivity contribution in [2.45, 2.75) is 19.1 Å². The maximum absolute atomic E-state index is 13.6. The number of carbonyl (C=O) groups is 1. The van der Waals surface area contributed by atoms with E-state index in [1.54, 1.807) is 6.92 Å². The molecule has 0 fully saturated rings. The minimum Gasteiger partial charge on any atom is -0.464 e. The Balaban J connectivity index is 2.91. The van der Waals surface area contributed by atoms with Gasteiger partial charge in [0.05, 0.1) is 12.6 Å². The van der Waals surface area contributed by atoms with E-state index in [1.807, 2.05) is 0 Å². The maximum atomic E-state index is 13.6. The van der Waals surface area contributed by atoms with Crippen LogP contribution in [0.4, 0.5) is 8.78 Å². The largest absolute Gasteiger partial charge is 0.464 e. The van der Waals surface area contributed by atoms with Crippen LogP contribution in [0.3, 0.4) is 0 Å². The van der Waals surface area contributed by atoms with Crippen molar-refractivity contribution in [2.24, 2.45) is 5.73 Å². The van der Waals surface area contributed by atoms with Crippen LogP contribution in [-0.4, -0.2) is 18.7 Å². The number of alkyl halides is 1. The number of esters is 1. The zero-order valence-corrected chi connectivity index (χ0v) is 10.7. The fourth-order valence-corrected chi connectivity index (χ4v) is 1.67. The Morgan fingerprint density at radius 1 is 1.59 bits per heavy atom. The van der Waals surface area contributed by atoms with Gasteiger partial charge >= 0.3 is 5.97 Å². The summed E-state index contributed by atoms with van der Waals surface area (Å²) >= 11 is 3.12. The first-order valence-corrected chi connectivity index (χ1v) is 5.78. The van der Waals surface area contributed by atoms with Crippen molar-refractivity contribution in [3.8, 4) is 0 Å². The maximum Gasteiger partial charge on any atom is 0.342 e. The molecule has 0 bridgehead atoms. The SMILES string of the molecule is CCOC(=O)C(F)[C@@H](N)c1cc(Br)ccc1F. The first-order chi connectivity index (χ1) is 7.97. The van der Waals surface area contributed by atoms with Gasteiger partial charge in [-0.3, -0.25) is 0 Å². The second-order valence-electron chi connectivity index (χ2n) is 3.35. The van der Waals surface area contributed by atoms with E-state index >= 15 is 0 Å². The standard InChI is InChI=1S/C11H12BrF2NO2/c1-2-17-11(16)9(14)10(15)7-5-6(12)3-4-8(7)13/h3-5,9-10H,2,15H2,1H3/t9?,10-/m0/s1. The number of hydrogen-bond acceptors (Lipinski definition) is 3. The predicted molar refractivity (Wildman–Crippen MR) is 62.6 cm³/mol. The highest BCUT2D eigenvalue weighted by Crippen LogP contribution is 2.24. The monoisotopic (exact) mass is 307 g/mol. The molecule has 0 saturated heterocycles. The summed E-state index contributed by atoms with van der Waals surface area (Å²) in [5.41, 5.74) is 5.43. The molecule has 6 heteroatoms. The number of nitrogens with two attached hydrogens (primary N) is 1. The van der Waals surface area contributed by atoms with Crippen LogP contribution in [0.25, 0.3) is 0 Å². The normalized spacial score (nSPS) is 14.2. The van der Waals surface area contributed by atoms with Gasteiger partial charge in [-0.15, -0.1) is 0 Å². The molecule has 0 aliphatic carbocycles. The number of carbonyl (C=O) groups excluding carboxylic acids is 1. The van der Waals surface area contributed by atoms with Gasteiger partial charge in [-0.25, -0.2) is 13.6 Å². The summed E-state index contributed by atoms with van der Waals surface area (Å²) in [5.74, 6) is -1.74. The molecule has 0 amide bonds. The summed E-state index contributed by atoms with van der Waals surface area (Å²) in [5, 5.41) is 0. The Hall–Kier alpha value is -1.01. The average molecular weight is 308 g/mol. The Kier molecular flexibility index (Phi) is 5.02. The van der Waals surface area contributed by atoms with Crippen LogP contribution in [0, 0.1) is 5.82 Å². The first-order valence-electron chi connectivity index (χ1n) is 4.98. The Morgan fingerprint density at radius 3 is 2.82 bits per heavy atom. The molecule has 1 rings (SSSR count). The molecule has 0 aliphatic rings. The molecular weight excluding hydrogens is 296 g/mol. The Morgan fingerprint density at radius 2 is 2.24 bits per heavy atom. The van der Waals surface area contributed by atoms with Crippen LogP contribution in [0.15, 0.2) is 22.7 Å². The van der Waals surface area contributed by atoms with Crippen molar-refractivity contribution in [1.29, 1.82) is 0 Å². The van der Waals surface area contributed by atoms with Crippen molar-refractivity contribution in [3.05, 3.63) is 34.1 Å². The number of hydrogen-bond donors (Lipinski definition) is 1. The van der Waals surface area contributed by atoms with Gasteiger partial charge in [0.15, 0.2) is 0 Å². The van der Waals surface area contributed by atoms with Crippen LogP contribution in [0.2, 0.25) is 0 Å². The third-order valence-electron chi connectivity index (χ3n) is 2.14. The molecule has 0 spiro atoms. The molecule has 1 unspecified atom stereocenters. The van der Waals surface area contributed by atoms with Gasteiger partial charge < -0.3 is 10.5 Å². The number of benzene rings is 1. The minimum absolute atomic E-state index is 0.0486. The predicted octanol–water partition coefficient (Wildman–Crippen LogP) is 2.49. The first kappa shape index (κ1) is 14.1. The van der Waals surface area contributed by atoms with E-state index in [9.17, 15) is 13.6 Å². The number of rotatable bonds is 4. The second kappa shape index (κ2) is 6.07. The fourth-order valence-electron chi connectivity index (χ4n) is 1.30. The van der Waals surface area contributed by atoms with Gasteiger partial charge in [-0.05, 0) is 25.1 Å². The lowest BCUT2D eigenvalue weighted by atomic mass is 10.0. The molecule has 1 aromatic carbocycles. The van der Waals surface area contributed by atoms with Gasteiger partial charge in [-0.1, -0.05) is 15.9 Å². The highest BCUT2D eigenvalue weighted by atomic mass is 79.9. The van der Waals surface area contributed by atoms with Crippen LogP contribution in [0.1, 0.15) is 18.5 Å². The van der Waals surface area contributed by atoms with Crippen LogP contribution >= 0.6 is 15.9 Å². The molecule has 17 heavy (non-hydrogen) atoms. The molecular formula is C11H12BrF2NO2. The van der Waals surface area contributed by atoms with E-state index < -0.39 is 24.0 Å².